The third-order valence-corrected chi connectivity index (χ3v) is 11.3. The Morgan fingerprint density at radius 3 is 1.50 bits per heavy atom. The van der Waals surface area contributed by atoms with Gasteiger partial charge in [0.05, 0.1) is 9.52 Å². The molecule has 8 aromatic carbocycles. The van der Waals surface area contributed by atoms with E-state index in [1.54, 1.807) is 0 Å². The van der Waals surface area contributed by atoms with Crippen molar-refractivity contribution in [2.45, 2.75) is 54.4 Å². The first-order valence-electron chi connectivity index (χ1n) is 19.5. The van der Waals surface area contributed by atoms with Gasteiger partial charge in [-0.1, -0.05) is 159 Å². The number of benzene rings is 6. The Bertz CT molecular complexity index is 2300. The second-order valence-corrected chi connectivity index (χ2v) is 20.4. The van der Waals surface area contributed by atoms with E-state index in [4.69, 9.17) is 17.0 Å². The van der Waals surface area contributed by atoms with Gasteiger partial charge in [0.25, 0.3) is 0 Å². The number of hydrogen-bond donors (Lipinski definition) is 0. The normalized spacial score (nSPS) is 11.2. The molecular formula is C52H49Cl2SiZr-3. The van der Waals surface area contributed by atoms with Crippen LogP contribution in [0.3, 0.4) is 0 Å². The summed E-state index contributed by atoms with van der Waals surface area (Å²) in [6, 6.07) is 58.1. The first kappa shape index (κ1) is 41.8. The Kier molecular flexibility index (Phi) is 15.0. The van der Waals surface area contributed by atoms with Crippen molar-refractivity contribution >= 4 is 58.5 Å². The number of rotatable bonds is 6. The summed E-state index contributed by atoms with van der Waals surface area (Å²) in [6.45, 7) is 13.5. The maximum Gasteiger partial charge on any atom is 0.0920 e. The van der Waals surface area contributed by atoms with Gasteiger partial charge in [0.15, 0.2) is 0 Å². The van der Waals surface area contributed by atoms with E-state index in [0.29, 0.717) is 11.8 Å². The zero-order chi connectivity index (χ0) is 39.6. The van der Waals surface area contributed by atoms with Crippen LogP contribution in [0, 0.1) is 31.7 Å². The predicted molar refractivity (Wildman–Crippen MR) is 244 cm³/mol. The van der Waals surface area contributed by atoms with Crippen LogP contribution in [0.15, 0.2) is 152 Å². The summed E-state index contributed by atoms with van der Waals surface area (Å²) < 4.78 is 0. The van der Waals surface area contributed by atoms with Crippen molar-refractivity contribution < 1.29 is 20.8 Å². The molecule has 0 nitrogen and oxygen atoms in total. The van der Waals surface area contributed by atoms with Crippen molar-refractivity contribution in [1.82, 2.24) is 0 Å². The summed E-state index contributed by atoms with van der Waals surface area (Å²) in [5.41, 5.74) is 13.9. The van der Waals surface area contributed by atoms with Gasteiger partial charge in [0.2, 0.25) is 0 Å². The molecule has 8 aromatic rings. The van der Waals surface area contributed by atoms with Gasteiger partial charge in [-0.2, -0.15) is 41.6 Å². The quantitative estimate of drug-likeness (QED) is 0.115. The molecule has 0 aliphatic carbocycles. The molecule has 56 heavy (non-hydrogen) atoms. The average Bonchev–Trinajstić information content (AvgIpc) is 3.89. The molecule has 0 unspecified atom stereocenters. The second-order valence-electron chi connectivity index (χ2n) is 15.4. The Balaban J connectivity index is 0.000000140. The van der Waals surface area contributed by atoms with Crippen molar-refractivity contribution in [3.8, 4) is 33.4 Å². The van der Waals surface area contributed by atoms with Crippen LogP contribution in [0.2, 0.25) is 0 Å². The van der Waals surface area contributed by atoms with Gasteiger partial charge in [-0.15, -0.1) is 74.6 Å². The third kappa shape index (κ3) is 10.4. The molecule has 1 aliphatic heterocycles. The van der Waals surface area contributed by atoms with Crippen LogP contribution in [0.5, 0.6) is 0 Å². The Morgan fingerprint density at radius 2 is 1.02 bits per heavy atom. The first-order valence-corrected chi connectivity index (χ1v) is 26.8. The van der Waals surface area contributed by atoms with Gasteiger partial charge >= 0.3 is 37.9 Å². The van der Waals surface area contributed by atoms with Crippen molar-refractivity contribution in [3.05, 3.63) is 180 Å². The SMILES string of the molecule is Cc1cc2c(-c3ccccc3)c(CC(C)C)ccc2[cH-]1.Cc1cc2c(-c3ccccc3)c(CC(C)C)ccc2[cH-]1.[Cl][Zr][Cl].[c-]1cccc2c1[Si]c1ccccc1-2. The van der Waals surface area contributed by atoms with E-state index in [2.05, 4.69) is 193 Å². The standard InChI is InChI=1S/2C20H21.C12H7Si.2ClH.Zr/c2*1-14(2)11-18-10-9-17-12-15(3)13-19(17)20(18)16-7-5-4-6-8-16;1-3-7-11-9(5-1)10-6-2-4-8-12(10)13-11;;;/h2*4-10,12-14H,11H2,1-3H3;1-7H;2*1H;/q3*-1;;;+2/p-2. The number of halogens is 2. The predicted octanol–water partition coefficient (Wildman–Crippen LogP) is 14.0. The van der Waals surface area contributed by atoms with Crippen molar-refractivity contribution in [2.24, 2.45) is 11.8 Å². The van der Waals surface area contributed by atoms with E-state index < -0.39 is 20.8 Å². The third-order valence-electron chi connectivity index (χ3n) is 9.96. The zero-order valence-corrected chi connectivity index (χ0v) is 38.2. The van der Waals surface area contributed by atoms with Crippen LogP contribution in [0.1, 0.15) is 49.9 Å². The van der Waals surface area contributed by atoms with E-state index in [-0.39, 0.29) is 0 Å². The molecule has 1 aliphatic rings. The molecule has 1 heterocycles. The molecule has 0 fully saturated rings. The van der Waals surface area contributed by atoms with Crippen LogP contribution in [-0.4, -0.2) is 9.52 Å². The largest absolute Gasteiger partial charge is 0.184 e. The summed E-state index contributed by atoms with van der Waals surface area (Å²) in [7, 11) is 10.7. The molecule has 9 rings (SSSR count). The summed E-state index contributed by atoms with van der Waals surface area (Å²) in [5.74, 6) is 1.34. The first-order chi connectivity index (χ1) is 27.2. The molecule has 4 heteroatoms. The van der Waals surface area contributed by atoms with Crippen LogP contribution in [0.4, 0.5) is 0 Å². The van der Waals surface area contributed by atoms with E-state index >= 15 is 0 Å². The van der Waals surface area contributed by atoms with E-state index in [9.17, 15) is 0 Å². The number of hydrogen-bond acceptors (Lipinski definition) is 0. The van der Waals surface area contributed by atoms with E-state index in [1.807, 2.05) is 6.07 Å². The number of aryl methyl sites for hydroxylation is 2. The van der Waals surface area contributed by atoms with E-state index in [1.165, 1.54) is 87.6 Å². The fourth-order valence-corrected chi connectivity index (χ4v) is 9.10. The van der Waals surface area contributed by atoms with Gasteiger partial charge in [0, 0.05) is 0 Å². The molecule has 0 aromatic heterocycles. The number of fused-ring (bicyclic) bond motifs is 5. The van der Waals surface area contributed by atoms with Crippen molar-refractivity contribution in [3.63, 3.8) is 0 Å². The molecule has 0 saturated heterocycles. The smallest absolute Gasteiger partial charge is 0.0920 e. The van der Waals surface area contributed by atoms with Crippen LogP contribution in [-0.2, 0) is 33.7 Å². The Labute approximate surface area is 356 Å². The van der Waals surface area contributed by atoms with Crippen molar-refractivity contribution in [2.75, 3.05) is 0 Å². The van der Waals surface area contributed by atoms with Gasteiger partial charge < -0.3 is 0 Å². The fraction of sp³-hybridized carbons (Fsp3) is 0.192. The summed E-state index contributed by atoms with van der Waals surface area (Å²) in [6.07, 6.45) is 2.26. The molecule has 0 atom stereocenters. The van der Waals surface area contributed by atoms with Gasteiger partial charge in [-0.05, 0) is 35.8 Å². The van der Waals surface area contributed by atoms with Gasteiger partial charge in [-0.3, -0.25) is 0 Å². The van der Waals surface area contributed by atoms with E-state index in [0.717, 1.165) is 22.4 Å². The molecule has 0 bridgehead atoms. The minimum atomic E-state index is -0.826. The Hall–Kier alpha value is -3.78. The summed E-state index contributed by atoms with van der Waals surface area (Å²) in [5, 5.41) is 8.32. The second kappa shape index (κ2) is 20.1. The van der Waals surface area contributed by atoms with Gasteiger partial charge in [-0.25, -0.2) is 0 Å². The zero-order valence-electron chi connectivity index (χ0n) is 33.3. The monoisotopic (exact) mass is 861 g/mol. The molecule has 282 valence electrons. The minimum Gasteiger partial charge on any atom is -0.184 e. The molecule has 0 N–H and O–H groups in total. The molecule has 0 saturated carbocycles. The summed E-state index contributed by atoms with van der Waals surface area (Å²) >= 11 is -0.826. The van der Waals surface area contributed by atoms with Crippen LogP contribution >= 0.6 is 17.0 Å². The molecular weight excluding hydrogens is 815 g/mol. The maximum atomic E-state index is 4.93. The van der Waals surface area contributed by atoms with Crippen LogP contribution in [0.25, 0.3) is 54.9 Å². The summed E-state index contributed by atoms with van der Waals surface area (Å²) in [4.78, 5) is 0. The minimum absolute atomic E-state index is 0.672. The van der Waals surface area contributed by atoms with Crippen molar-refractivity contribution in [1.29, 1.82) is 0 Å². The maximum absolute atomic E-state index is 4.93. The Morgan fingerprint density at radius 1 is 0.571 bits per heavy atom. The molecule has 0 amide bonds. The molecule has 0 spiro atoms. The average molecular weight is 864 g/mol. The van der Waals surface area contributed by atoms with Gasteiger partial charge in [0.1, 0.15) is 0 Å². The topological polar surface area (TPSA) is 0 Å². The molecule has 2 radical (unpaired) electrons. The fourth-order valence-electron chi connectivity index (χ4n) is 7.79. The van der Waals surface area contributed by atoms with Crippen LogP contribution < -0.4 is 10.4 Å².